The number of aryl methyl sites for hydroxylation is 2. The number of amides is 1. The molecule has 0 aliphatic rings. The van der Waals surface area contributed by atoms with Crippen LogP contribution in [0.1, 0.15) is 11.4 Å². The van der Waals surface area contributed by atoms with Gasteiger partial charge < -0.3 is 11.1 Å². The molecule has 0 radical (unpaired) electrons. The van der Waals surface area contributed by atoms with Gasteiger partial charge in [-0.25, -0.2) is 4.98 Å². The molecule has 0 unspecified atom stereocenters. The second-order valence-electron chi connectivity index (χ2n) is 4.63. The monoisotopic (exact) mass is 398 g/mol. The number of hydrogen-bond donors (Lipinski definition) is 2. The van der Waals surface area contributed by atoms with E-state index in [1.54, 1.807) is 13.0 Å². The molecular formula is C14H15IN4O2. The van der Waals surface area contributed by atoms with Crippen LogP contribution in [-0.2, 0) is 11.3 Å². The second kappa shape index (κ2) is 6.25. The van der Waals surface area contributed by atoms with Gasteiger partial charge in [0.05, 0.1) is 14.9 Å². The third kappa shape index (κ3) is 3.41. The Morgan fingerprint density at radius 3 is 2.81 bits per heavy atom. The number of nitrogens with two attached hydrogens (primary N) is 1. The molecule has 1 heterocycles. The molecule has 0 bridgehead atoms. The van der Waals surface area contributed by atoms with Crippen molar-refractivity contribution in [1.29, 1.82) is 0 Å². The Morgan fingerprint density at radius 1 is 1.43 bits per heavy atom. The van der Waals surface area contributed by atoms with Crippen LogP contribution in [0.4, 0.5) is 11.4 Å². The fraction of sp³-hybridized carbons (Fsp3) is 0.214. The van der Waals surface area contributed by atoms with Crippen molar-refractivity contribution in [2.45, 2.75) is 20.4 Å². The summed E-state index contributed by atoms with van der Waals surface area (Å²) in [5.74, 6) is 0.179. The molecule has 1 aromatic carbocycles. The normalized spacial score (nSPS) is 10.4. The number of nitrogen functional groups attached to an aromatic ring is 1. The summed E-state index contributed by atoms with van der Waals surface area (Å²) in [6, 6.07) is 5.39. The fourth-order valence-electron chi connectivity index (χ4n) is 1.92. The van der Waals surface area contributed by atoms with Crippen molar-refractivity contribution in [3.05, 3.63) is 49.7 Å². The first-order chi connectivity index (χ1) is 9.90. The van der Waals surface area contributed by atoms with Gasteiger partial charge in [0, 0.05) is 6.20 Å². The minimum absolute atomic E-state index is 0.0950. The summed E-state index contributed by atoms with van der Waals surface area (Å²) in [6.45, 7) is 3.45. The number of nitrogens with one attached hydrogen (secondary N) is 1. The summed E-state index contributed by atoms with van der Waals surface area (Å²) >= 11 is 1.90. The van der Waals surface area contributed by atoms with Crippen LogP contribution in [0.25, 0.3) is 0 Å². The van der Waals surface area contributed by atoms with E-state index in [0.717, 1.165) is 5.56 Å². The quantitative estimate of drug-likeness (QED) is 0.608. The lowest BCUT2D eigenvalue weighted by Crippen LogP contribution is -2.31. The average Bonchev–Trinajstić information content (AvgIpc) is 2.43. The first kappa shape index (κ1) is 15.5. The molecule has 3 N–H and O–H groups in total. The standard InChI is InChI=1S/C14H15IN4O2/c1-8-4-3-5-11(16)13(8)18-12(20)7-19-9(2)17-6-10(15)14(19)21/h3-6H,7,16H2,1-2H3,(H,18,20). The number of anilines is 2. The zero-order chi connectivity index (χ0) is 15.6. The predicted octanol–water partition coefficient (Wildman–Crippen LogP) is 1.69. The van der Waals surface area contributed by atoms with Gasteiger partial charge in [0.1, 0.15) is 12.4 Å². The highest BCUT2D eigenvalue weighted by atomic mass is 127. The van der Waals surface area contributed by atoms with Crippen molar-refractivity contribution in [1.82, 2.24) is 9.55 Å². The number of aromatic nitrogens is 2. The zero-order valence-corrected chi connectivity index (χ0v) is 13.8. The molecule has 0 fully saturated rings. The third-order valence-electron chi connectivity index (χ3n) is 3.08. The van der Waals surface area contributed by atoms with E-state index >= 15 is 0 Å². The number of carbonyl (C=O) groups excluding carboxylic acids is 1. The molecular weight excluding hydrogens is 383 g/mol. The smallest absolute Gasteiger partial charge is 0.267 e. The number of rotatable bonds is 3. The molecule has 110 valence electrons. The average molecular weight is 398 g/mol. The highest BCUT2D eigenvalue weighted by Crippen LogP contribution is 2.22. The van der Waals surface area contributed by atoms with E-state index in [1.807, 2.05) is 41.6 Å². The molecule has 0 saturated carbocycles. The molecule has 2 aromatic rings. The number of halogens is 1. The van der Waals surface area contributed by atoms with Gasteiger partial charge in [-0.15, -0.1) is 0 Å². The van der Waals surface area contributed by atoms with Crippen molar-refractivity contribution in [2.24, 2.45) is 0 Å². The largest absolute Gasteiger partial charge is 0.397 e. The van der Waals surface area contributed by atoms with Crippen molar-refractivity contribution >= 4 is 39.9 Å². The Balaban J connectivity index is 2.24. The van der Waals surface area contributed by atoms with Crippen LogP contribution in [0.5, 0.6) is 0 Å². The van der Waals surface area contributed by atoms with Crippen molar-refractivity contribution in [2.75, 3.05) is 11.1 Å². The van der Waals surface area contributed by atoms with Gasteiger partial charge in [0.15, 0.2) is 0 Å². The minimum Gasteiger partial charge on any atom is -0.397 e. The molecule has 1 aromatic heterocycles. The molecule has 0 aliphatic heterocycles. The van der Waals surface area contributed by atoms with E-state index < -0.39 is 0 Å². The van der Waals surface area contributed by atoms with Gasteiger partial charge in [-0.2, -0.15) is 0 Å². The van der Waals surface area contributed by atoms with Crippen molar-refractivity contribution in [3.63, 3.8) is 0 Å². The van der Waals surface area contributed by atoms with Gasteiger partial charge in [0.25, 0.3) is 5.56 Å². The summed E-state index contributed by atoms with van der Waals surface area (Å²) in [7, 11) is 0. The zero-order valence-electron chi connectivity index (χ0n) is 11.7. The lowest BCUT2D eigenvalue weighted by atomic mass is 10.1. The molecule has 2 rings (SSSR count). The number of nitrogens with zero attached hydrogens (tertiary/aromatic N) is 2. The van der Waals surface area contributed by atoms with E-state index in [9.17, 15) is 9.59 Å². The maximum atomic E-state index is 12.1. The Labute approximate surface area is 135 Å². The summed E-state index contributed by atoms with van der Waals surface area (Å²) in [6.07, 6.45) is 1.49. The van der Waals surface area contributed by atoms with Gasteiger partial charge in [0.2, 0.25) is 5.91 Å². The molecule has 0 atom stereocenters. The second-order valence-corrected chi connectivity index (χ2v) is 5.79. The summed E-state index contributed by atoms with van der Waals surface area (Å²) < 4.78 is 1.81. The summed E-state index contributed by atoms with van der Waals surface area (Å²) in [5.41, 5.74) is 7.56. The first-order valence-corrected chi connectivity index (χ1v) is 7.35. The number of carbonyl (C=O) groups is 1. The highest BCUT2D eigenvalue weighted by Gasteiger charge is 2.12. The number of para-hydroxylation sites is 1. The first-order valence-electron chi connectivity index (χ1n) is 6.27. The Kier molecular flexibility index (Phi) is 4.61. The number of hydrogen-bond acceptors (Lipinski definition) is 4. The molecule has 6 nitrogen and oxygen atoms in total. The number of benzene rings is 1. The van der Waals surface area contributed by atoms with Crippen LogP contribution in [0.3, 0.4) is 0 Å². The molecule has 0 saturated heterocycles. The van der Waals surface area contributed by atoms with Gasteiger partial charge >= 0.3 is 0 Å². The van der Waals surface area contributed by atoms with Gasteiger partial charge in [-0.05, 0) is 48.1 Å². The predicted molar refractivity (Wildman–Crippen MR) is 90.2 cm³/mol. The van der Waals surface area contributed by atoms with E-state index in [2.05, 4.69) is 10.3 Å². The van der Waals surface area contributed by atoms with Gasteiger partial charge in [-0.1, -0.05) is 12.1 Å². The minimum atomic E-state index is -0.315. The van der Waals surface area contributed by atoms with Crippen molar-refractivity contribution in [3.8, 4) is 0 Å². The van der Waals surface area contributed by atoms with Crippen LogP contribution < -0.4 is 16.6 Å². The molecule has 1 amide bonds. The van der Waals surface area contributed by atoms with E-state index in [-0.39, 0.29) is 18.0 Å². The van der Waals surface area contributed by atoms with Crippen LogP contribution in [0.15, 0.2) is 29.2 Å². The lowest BCUT2D eigenvalue weighted by molar-refractivity contribution is -0.116. The fourth-order valence-corrected chi connectivity index (χ4v) is 2.35. The highest BCUT2D eigenvalue weighted by molar-refractivity contribution is 14.1. The Hall–Kier alpha value is -1.90. The topological polar surface area (TPSA) is 90.0 Å². The SMILES string of the molecule is Cc1cccc(N)c1NC(=O)Cn1c(C)ncc(I)c1=O. The molecule has 7 heteroatoms. The van der Waals surface area contributed by atoms with E-state index in [1.165, 1.54) is 10.8 Å². The maximum absolute atomic E-state index is 12.1. The Morgan fingerprint density at radius 2 is 2.14 bits per heavy atom. The van der Waals surface area contributed by atoms with Crippen LogP contribution in [-0.4, -0.2) is 15.5 Å². The molecule has 0 aliphatic carbocycles. The Bertz CT molecular complexity index is 735. The van der Waals surface area contributed by atoms with Crippen molar-refractivity contribution < 1.29 is 4.79 Å². The molecule has 21 heavy (non-hydrogen) atoms. The maximum Gasteiger partial charge on any atom is 0.267 e. The summed E-state index contributed by atoms with van der Waals surface area (Å²) in [5, 5.41) is 2.75. The third-order valence-corrected chi connectivity index (χ3v) is 3.82. The molecule has 0 spiro atoms. The van der Waals surface area contributed by atoms with Crippen LogP contribution in [0, 0.1) is 17.4 Å². The lowest BCUT2D eigenvalue weighted by Gasteiger charge is -2.13. The van der Waals surface area contributed by atoms with Crippen LogP contribution in [0.2, 0.25) is 0 Å². The summed E-state index contributed by atoms with van der Waals surface area (Å²) in [4.78, 5) is 28.3. The van der Waals surface area contributed by atoms with Crippen LogP contribution >= 0.6 is 22.6 Å². The van der Waals surface area contributed by atoms with E-state index in [0.29, 0.717) is 20.8 Å². The van der Waals surface area contributed by atoms with Gasteiger partial charge in [-0.3, -0.25) is 14.2 Å². The van der Waals surface area contributed by atoms with E-state index in [4.69, 9.17) is 5.73 Å².